The number of hydrogen-bond acceptors (Lipinski definition) is 1. The van der Waals surface area contributed by atoms with E-state index in [4.69, 9.17) is 0 Å². The third kappa shape index (κ3) is 2.17. The molecule has 1 aliphatic rings. The predicted molar refractivity (Wildman–Crippen MR) is 47.6 cm³/mol. The van der Waals surface area contributed by atoms with Crippen molar-refractivity contribution in [2.75, 3.05) is 11.9 Å². The van der Waals surface area contributed by atoms with Crippen LogP contribution >= 0.6 is 0 Å². The molecule has 1 N–H and O–H groups in total. The van der Waals surface area contributed by atoms with Crippen LogP contribution in [0.25, 0.3) is 0 Å². The highest BCUT2D eigenvalue weighted by Gasteiger charge is 2.21. The van der Waals surface area contributed by atoms with Crippen LogP contribution in [0.3, 0.4) is 0 Å². The number of rotatable bonds is 3. The molecule has 0 heterocycles. The van der Waals surface area contributed by atoms with Crippen LogP contribution in [0.5, 0.6) is 0 Å². The van der Waals surface area contributed by atoms with Gasteiger partial charge in [-0.3, -0.25) is 0 Å². The predicted octanol–water partition coefficient (Wildman–Crippen LogP) is 2.79. The van der Waals surface area contributed by atoms with E-state index >= 15 is 0 Å². The fourth-order valence-corrected chi connectivity index (χ4v) is 1.21. The van der Waals surface area contributed by atoms with Crippen LogP contribution in [-0.4, -0.2) is 6.54 Å². The Morgan fingerprint density at radius 2 is 2.08 bits per heavy atom. The summed E-state index contributed by atoms with van der Waals surface area (Å²) in [6.45, 7) is 0.750. The summed E-state index contributed by atoms with van der Waals surface area (Å²) in [4.78, 5) is 0. The Bertz CT molecular complexity index is 308. The van der Waals surface area contributed by atoms with E-state index in [0.29, 0.717) is 5.92 Å². The van der Waals surface area contributed by atoms with Gasteiger partial charge < -0.3 is 5.32 Å². The van der Waals surface area contributed by atoms with Crippen molar-refractivity contribution in [2.24, 2.45) is 5.92 Å². The van der Waals surface area contributed by atoms with Crippen molar-refractivity contribution in [3.8, 4) is 0 Å². The second kappa shape index (κ2) is 3.32. The summed E-state index contributed by atoms with van der Waals surface area (Å²) in [6, 6.07) is 3.46. The van der Waals surface area contributed by atoms with E-state index in [1.54, 1.807) is 0 Å². The first kappa shape index (κ1) is 8.48. The standard InChI is InChI=1S/C10H11F2N/c11-8-3-4-9(12)10(5-8)13-6-7-1-2-7/h3-5,7,13H,1-2,6H2. The first-order valence-electron chi connectivity index (χ1n) is 4.44. The van der Waals surface area contributed by atoms with Gasteiger partial charge in [0.1, 0.15) is 11.6 Å². The molecule has 0 atom stereocenters. The second-order valence-corrected chi connectivity index (χ2v) is 3.45. The summed E-state index contributed by atoms with van der Waals surface area (Å²) < 4.78 is 25.7. The van der Waals surface area contributed by atoms with Gasteiger partial charge in [-0.25, -0.2) is 8.78 Å². The van der Waals surface area contributed by atoms with Crippen LogP contribution in [0.4, 0.5) is 14.5 Å². The fraction of sp³-hybridized carbons (Fsp3) is 0.400. The zero-order chi connectivity index (χ0) is 9.26. The summed E-state index contributed by atoms with van der Waals surface area (Å²) in [5.74, 6) is -0.135. The third-order valence-electron chi connectivity index (χ3n) is 2.21. The number of anilines is 1. The molecule has 2 rings (SSSR count). The van der Waals surface area contributed by atoms with Crippen LogP contribution in [0.2, 0.25) is 0 Å². The quantitative estimate of drug-likeness (QED) is 0.759. The lowest BCUT2D eigenvalue weighted by Crippen LogP contribution is -2.05. The minimum Gasteiger partial charge on any atom is -0.382 e. The van der Waals surface area contributed by atoms with E-state index in [1.165, 1.54) is 18.9 Å². The molecule has 0 saturated heterocycles. The van der Waals surface area contributed by atoms with Gasteiger partial charge in [0, 0.05) is 6.54 Å². The third-order valence-corrected chi connectivity index (χ3v) is 2.21. The Morgan fingerprint density at radius 1 is 1.31 bits per heavy atom. The molecular formula is C10H11F2N. The van der Waals surface area contributed by atoms with Crippen molar-refractivity contribution < 1.29 is 8.78 Å². The van der Waals surface area contributed by atoms with Gasteiger partial charge in [-0.15, -0.1) is 0 Å². The van der Waals surface area contributed by atoms with E-state index in [0.717, 1.165) is 18.7 Å². The molecule has 0 aromatic heterocycles. The van der Waals surface area contributed by atoms with Crippen LogP contribution in [0.1, 0.15) is 12.8 Å². The van der Waals surface area contributed by atoms with E-state index in [-0.39, 0.29) is 11.5 Å². The van der Waals surface area contributed by atoms with Gasteiger partial charge in [0.2, 0.25) is 0 Å². The molecule has 0 amide bonds. The highest BCUT2D eigenvalue weighted by Crippen LogP contribution is 2.29. The van der Waals surface area contributed by atoms with Gasteiger partial charge in [-0.2, -0.15) is 0 Å². The van der Waals surface area contributed by atoms with E-state index in [1.807, 2.05) is 0 Å². The monoisotopic (exact) mass is 183 g/mol. The van der Waals surface area contributed by atoms with Crippen molar-refractivity contribution in [3.05, 3.63) is 29.8 Å². The van der Waals surface area contributed by atoms with Gasteiger partial charge >= 0.3 is 0 Å². The van der Waals surface area contributed by atoms with Crippen molar-refractivity contribution in [1.82, 2.24) is 0 Å². The Balaban J connectivity index is 2.03. The molecule has 3 heteroatoms. The summed E-state index contributed by atoms with van der Waals surface area (Å²) in [5, 5.41) is 2.90. The topological polar surface area (TPSA) is 12.0 Å². The number of benzene rings is 1. The Morgan fingerprint density at radius 3 is 2.77 bits per heavy atom. The molecule has 70 valence electrons. The lowest BCUT2D eigenvalue weighted by molar-refractivity contribution is 0.602. The van der Waals surface area contributed by atoms with Gasteiger partial charge in [0.15, 0.2) is 0 Å². The van der Waals surface area contributed by atoms with Crippen molar-refractivity contribution >= 4 is 5.69 Å². The molecule has 1 saturated carbocycles. The summed E-state index contributed by atoms with van der Waals surface area (Å²) in [7, 11) is 0. The zero-order valence-corrected chi connectivity index (χ0v) is 7.19. The first-order valence-corrected chi connectivity index (χ1v) is 4.44. The molecule has 1 aromatic rings. The SMILES string of the molecule is Fc1ccc(F)c(NCC2CC2)c1. The van der Waals surface area contributed by atoms with Crippen LogP contribution in [-0.2, 0) is 0 Å². The summed E-state index contributed by atoms with van der Waals surface area (Å²) in [6.07, 6.45) is 2.40. The molecule has 1 aliphatic carbocycles. The molecule has 1 fully saturated rings. The largest absolute Gasteiger partial charge is 0.382 e. The summed E-state index contributed by atoms with van der Waals surface area (Å²) in [5.41, 5.74) is 0.270. The van der Waals surface area contributed by atoms with Gasteiger partial charge in [-0.1, -0.05) is 0 Å². The number of halogens is 2. The zero-order valence-electron chi connectivity index (χ0n) is 7.19. The molecular weight excluding hydrogens is 172 g/mol. The average molecular weight is 183 g/mol. The lowest BCUT2D eigenvalue weighted by atomic mass is 10.3. The van der Waals surface area contributed by atoms with Gasteiger partial charge in [0.25, 0.3) is 0 Å². The van der Waals surface area contributed by atoms with E-state index in [2.05, 4.69) is 5.32 Å². The van der Waals surface area contributed by atoms with Crippen LogP contribution in [0, 0.1) is 17.6 Å². The first-order chi connectivity index (χ1) is 6.25. The minimum absolute atomic E-state index is 0.270. The highest BCUT2D eigenvalue weighted by atomic mass is 19.1. The van der Waals surface area contributed by atoms with Crippen LogP contribution in [0.15, 0.2) is 18.2 Å². The maximum atomic E-state index is 13.0. The molecule has 0 radical (unpaired) electrons. The molecule has 13 heavy (non-hydrogen) atoms. The van der Waals surface area contributed by atoms with E-state index < -0.39 is 5.82 Å². The lowest BCUT2D eigenvalue weighted by Gasteiger charge is -2.05. The van der Waals surface area contributed by atoms with E-state index in [9.17, 15) is 8.78 Å². The molecule has 0 bridgehead atoms. The number of nitrogens with one attached hydrogen (secondary N) is 1. The minimum atomic E-state index is -0.403. The molecule has 0 aliphatic heterocycles. The van der Waals surface area contributed by atoms with Crippen molar-refractivity contribution in [3.63, 3.8) is 0 Å². The van der Waals surface area contributed by atoms with Crippen molar-refractivity contribution in [2.45, 2.75) is 12.8 Å². The number of hydrogen-bond donors (Lipinski definition) is 1. The van der Waals surface area contributed by atoms with Gasteiger partial charge in [-0.05, 0) is 37.0 Å². The van der Waals surface area contributed by atoms with Crippen LogP contribution < -0.4 is 5.32 Å². The smallest absolute Gasteiger partial charge is 0.146 e. The highest BCUT2D eigenvalue weighted by molar-refractivity contribution is 5.44. The fourth-order valence-electron chi connectivity index (χ4n) is 1.21. The maximum Gasteiger partial charge on any atom is 0.146 e. The Labute approximate surface area is 75.8 Å². The summed E-state index contributed by atoms with van der Waals surface area (Å²) >= 11 is 0. The van der Waals surface area contributed by atoms with Gasteiger partial charge in [0.05, 0.1) is 5.69 Å². The molecule has 1 nitrogen and oxygen atoms in total. The maximum absolute atomic E-state index is 13.0. The Hall–Kier alpha value is -1.12. The average Bonchev–Trinajstić information content (AvgIpc) is 2.90. The molecule has 0 spiro atoms. The second-order valence-electron chi connectivity index (χ2n) is 3.45. The molecule has 0 unspecified atom stereocenters. The Kier molecular flexibility index (Phi) is 2.17. The normalized spacial score (nSPS) is 15.8. The molecule has 1 aromatic carbocycles. The van der Waals surface area contributed by atoms with Crippen molar-refractivity contribution in [1.29, 1.82) is 0 Å².